The summed E-state index contributed by atoms with van der Waals surface area (Å²) in [4.78, 5) is 0. The predicted molar refractivity (Wildman–Crippen MR) is 66.5 cm³/mol. The summed E-state index contributed by atoms with van der Waals surface area (Å²) >= 11 is 5.97. The molecule has 1 saturated heterocycles. The van der Waals surface area contributed by atoms with Crippen LogP contribution in [0.15, 0.2) is 18.2 Å². The Morgan fingerprint density at radius 2 is 2.35 bits per heavy atom. The van der Waals surface area contributed by atoms with Crippen molar-refractivity contribution < 1.29 is 14.6 Å². The van der Waals surface area contributed by atoms with E-state index >= 15 is 0 Å². The van der Waals surface area contributed by atoms with E-state index in [4.69, 9.17) is 21.1 Å². The van der Waals surface area contributed by atoms with Crippen molar-refractivity contribution in [3.8, 4) is 5.75 Å². The van der Waals surface area contributed by atoms with Crippen LogP contribution >= 0.6 is 11.6 Å². The van der Waals surface area contributed by atoms with Crippen LogP contribution in [-0.2, 0) is 11.3 Å². The Labute approximate surface area is 106 Å². The molecular formula is C13H17ClO3. The van der Waals surface area contributed by atoms with Gasteiger partial charge >= 0.3 is 0 Å². The first-order chi connectivity index (χ1) is 8.31. The zero-order valence-corrected chi connectivity index (χ0v) is 10.4. The lowest BCUT2D eigenvalue weighted by atomic mass is 10.2. The molecule has 4 heteroatoms. The van der Waals surface area contributed by atoms with Gasteiger partial charge in [-0.1, -0.05) is 17.7 Å². The molecule has 3 nitrogen and oxygen atoms in total. The normalized spacial score (nSPS) is 19.5. The molecule has 1 atom stereocenters. The molecule has 0 amide bonds. The molecule has 0 radical (unpaired) electrons. The molecule has 0 aromatic heterocycles. The molecule has 1 aliphatic heterocycles. The van der Waals surface area contributed by atoms with Crippen LogP contribution in [0.4, 0.5) is 0 Å². The molecule has 1 N–H and O–H groups in total. The van der Waals surface area contributed by atoms with E-state index in [1.165, 1.54) is 0 Å². The molecule has 1 aromatic rings. The highest BCUT2D eigenvalue weighted by molar-refractivity contribution is 6.31. The van der Waals surface area contributed by atoms with Crippen LogP contribution in [0.1, 0.15) is 24.8 Å². The molecular weight excluding hydrogens is 240 g/mol. The first-order valence-electron chi connectivity index (χ1n) is 5.94. The van der Waals surface area contributed by atoms with Crippen molar-refractivity contribution in [2.45, 2.75) is 32.0 Å². The summed E-state index contributed by atoms with van der Waals surface area (Å²) in [6.45, 7) is 1.36. The number of hydrogen-bond acceptors (Lipinski definition) is 3. The van der Waals surface area contributed by atoms with Crippen LogP contribution < -0.4 is 4.74 Å². The van der Waals surface area contributed by atoms with Gasteiger partial charge in [0.25, 0.3) is 0 Å². The van der Waals surface area contributed by atoms with Gasteiger partial charge in [-0.3, -0.25) is 0 Å². The highest BCUT2D eigenvalue weighted by Crippen LogP contribution is 2.26. The van der Waals surface area contributed by atoms with Crippen LogP contribution in [0.5, 0.6) is 5.75 Å². The minimum absolute atomic E-state index is 0.102. The highest BCUT2D eigenvalue weighted by atomic mass is 35.5. The predicted octanol–water partition coefficient (Wildman–Crippen LogP) is 2.78. The summed E-state index contributed by atoms with van der Waals surface area (Å²) in [5.74, 6) is 0.665. The molecule has 0 aliphatic carbocycles. The van der Waals surface area contributed by atoms with Gasteiger partial charge in [-0.05, 0) is 25.0 Å². The average Bonchev–Trinajstić information content (AvgIpc) is 2.82. The van der Waals surface area contributed by atoms with E-state index in [0.29, 0.717) is 29.0 Å². The Morgan fingerprint density at radius 1 is 1.47 bits per heavy atom. The van der Waals surface area contributed by atoms with E-state index < -0.39 is 0 Å². The molecule has 1 aromatic carbocycles. The summed E-state index contributed by atoms with van der Waals surface area (Å²) in [5.41, 5.74) is 0.654. The molecule has 1 fully saturated rings. The van der Waals surface area contributed by atoms with Crippen molar-refractivity contribution in [2.75, 3.05) is 13.2 Å². The van der Waals surface area contributed by atoms with Crippen LogP contribution in [0, 0.1) is 0 Å². The number of halogens is 1. The Morgan fingerprint density at radius 3 is 3.06 bits per heavy atom. The summed E-state index contributed by atoms with van der Waals surface area (Å²) in [6, 6.07) is 5.40. The fourth-order valence-electron chi connectivity index (χ4n) is 2.00. The third kappa shape index (κ3) is 3.35. The second kappa shape index (κ2) is 6.24. The molecule has 1 unspecified atom stereocenters. The van der Waals surface area contributed by atoms with Crippen LogP contribution in [0.25, 0.3) is 0 Å². The Hall–Kier alpha value is -0.770. The van der Waals surface area contributed by atoms with Gasteiger partial charge in [-0.25, -0.2) is 0 Å². The number of aliphatic hydroxyl groups excluding tert-OH is 1. The third-order valence-corrected chi connectivity index (χ3v) is 3.31. The van der Waals surface area contributed by atoms with Crippen LogP contribution in [0.3, 0.4) is 0 Å². The van der Waals surface area contributed by atoms with Crippen molar-refractivity contribution in [3.63, 3.8) is 0 Å². The van der Waals surface area contributed by atoms with Crippen molar-refractivity contribution in [1.82, 2.24) is 0 Å². The number of rotatable bonds is 5. The molecule has 0 spiro atoms. The minimum Gasteiger partial charge on any atom is -0.493 e. The van der Waals surface area contributed by atoms with E-state index in [2.05, 4.69) is 0 Å². The van der Waals surface area contributed by atoms with Crippen molar-refractivity contribution in [3.05, 3.63) is 28.8 Å². The van der Waals surface area contributed by atoms with Gasteiger partial charge in [0.2, 0.25) is 0 Å². The van der Waals surface area contributed by atoms with Crippen molar-refractivity contribution in [2.24, 2.45) is 0 Å². The number of ether oxygens (including phenoxy) is 2. The molecule has 0 bridgehead atoms. The average molecular weight is 257 g/mol. The van der Waals surface area contributed by atoms with Gasteiger partial charge in [0.15, 0.2) is 0 Å². The summed E-state index contributed by atoms with van der Waals surface area (Å²) < 4.78 is 11.2. The molecule has 94 valence electrons. The Kier molecular flexibility index (Phi) is 4.66. The first kappa shape index (κ1) is 12.7. The zero-order valence-electron chi connectivity index (χ0n) is 9.69. The lowest BCUT2D eigenvalue weighted by Crippen LogP contribution is -2.11. The first-order valence-corrected chi connectivity index (χ1v) is 6.31. The zero-order chi connectivity index (χ0) is 12.1. The van der Waals surface area contributed by atoms with Gasteiger partial charge in [-0.15, -0.1) is 0 Å². The summed E-state index contributed by atoms with van der Waals surface area (Å²) in [6.07, 6.45) is 3.47. The van der Waals surface area contributed by atoms with E-state index in [9.17, 15) is 5.11 Å². The van der Waals surface area contributed by atoms with Gasteiger partial charge in [-0.2, -0.15) is 0 Å². The third-order valence-electron chi connectivity index (χ3n) is 2.96. The lowest BCUT2D eigenvalue weighted by molar-refractivity contribution is 0.0900. The molecule has 0 saturated carbocycles. The Bertz CT molecular complexity index is 362. The fourth-order valence-corrected chi connectivity index (χ4v) is 2.23. The number of hydrogen-bond donors (Lipinski definition) is 1. The fraction of sp³-hybridized carbons (Fsp3) is 0.538. The summed E-state index contributed by atoms with van der Waals surface area (Å²) in [7, 11) is 0. The second-order valence-corrected chi connectivity index (χ2v) is 4.55. The van der Waals surface area contributed by atoms with Gasteiger partial charge < -0.3 is 14.6 Å². The van der Waals surface area contributed by atoms with E-state index in [1.807, 2.05) is 12.1 Å². The molecule has 17 heavy (non-hydrogen) atoms. The summed E-state index contributed by atoms with van der Waals surface area (Å²) in [5, 5.41) is 9.76. The van der Waals surface area contributed by atoms with Crippen molar-refractivity contribution >= 4 is 11.6 Å². The van der Waals surface area contributed by atoms with Gasteiger partial charge in [0.1, 0.15) is 5.75 Å². The monoisotopic (exact) mass is 256 g/mol. The molecule has 2 rings (SSSR count). The quantitative estimate of drug-likeness (QED) is 0.881. The largest absolute Gasteiger partial charge is 0.493 e. The van der Waals surface area contributed by atoms with E-state index in [-0.39, 0.29) is 6.61 Å². The minimum atomic E-state index is -0.102. The molecule has 1 aliphatic rings. The van der Waals surface area contributed by atoms with Gasteiger partial charge in [0, 0.05) is 23.6 Å². The van der Waals surface area contributed by atoms with Gasteiger partial charge in [0.05, 0.1) is 19.3 Å². The highest BCUT2D eigenvalue weighted by Gasteiger charge is 2.15. The second-order valence-electron chi connectivity index (χ2n) is 4.15. The van der Waals surface area contributed by atoms with E-state index in [1.54, 1.807) is 6.07 Å². The van der Waals surface area contributed by atoms with Crippen LogP contribution in [-0.4, -0.2) is 24.4 Å². The molecule has 1 heterocycles. The lowest BCUT2D eigenvalue weighted by Gasteiger charge is -2.13. The number of benzene rings is 1. The van der Waals surface area contributed by atoms with Crippen molar-refractivity contribution in [1.29, 1.82) is 0 Å². The smallest absolute Gasteiger partial charge is 0.126 e. The SMILES string of the molecule is OCc1c(Cl)cccc1OCCC1CCCO1. The van der Waals surface area contributed by atoms with Crippen LogP contribution in [0.2, 0.25) is 5.02 Å². The maximum atomic E-state index is 9.22. The maximum Gasteiger partial charge on any atom is 0.126 e. The Balaban J connectivity index is 1.87. The maximum absolute atomic E-state index is 9.22. The van der Waals surface area contributed by atoms with E-state index in [0.717, 1.165) is 25.9 Å². The standard InChI is InChI=1S/C13H17ClO3/c14-12-4-1-5-13(11(12)9-15)17-8-6-10-3-2-7-16-10/h1,4-5,10,15H,2-3,6-9H2. The topological polar surface area (TPSA) is 38.7 Å². The number of aliphatic hydroxyl groups is 1.